The van der Waals surface area contributed by atoms with Crippen LogP contribution >= 0.6 is 0 Å². The summed E-state index contributed by atoms with van der Waals surface area (Å²) in [6, 6.07) is 1.50. The summed E-state index contributed by atoms with van der Waals surface area (Å²) in [5, 5.41) is 0. The molecule has 0 radical (unpaired) electrons. The fraction of sp³-hybridized carbons (Fsp3) is 0.0909. The number of furan rings is 2. The third kappa shape index (κ3) is 0.995. The number of carbonyl (C=O) groups excluding carboxylic acids is 2. The van der Waals surface area contributed by atoms with E-state index in [0.29, 0.717) is 28.0 Å². The molecule has 0 saturated carbocycles. The molecule has 0 aliphatic carbocycles. The molecule has 5 heteroatoms. The van der Waals surface area contributed by atoms with E-state index in [1.165, 1.54) is 6.07 Å². The van der Waals surface area contributed by atoms with Crippen LogP contribution in [-0.4, -0.2) is 11.9 Å². The number of carbonyl (C=O) groups is 2. The van der Waals surface area contributed by atoms with Gasteiger partial charge < -0.3 is 13.9 Å². The van der Waals surface area contributed by atoms with Gasteiger partial charge in [0.2, 0.25) is 0 Å². The Morgan fingerprint density at radius 3 is 3.12 bits per heavy atom. The first-order valence-corrected chi connectivity index (χ1v) is 4.60. The van der Waals surface area contributed by atoms with Crippen molar-refractivity contribution in [3.8, 4) is 5.75 Å². The molecule has 16 heavy (non-hydrogen) atoms. The number of hydrogen-bond donors (Lipinski definition) is 0. The number of fused-ring (bicyclic) bond motifs is 5. The van der Waals surface area contributed by atoms with Gasteiger partial charge in [0.25, 0.3) is 0 Å². The van der Waals surface area contributed by atoms with Crippen LogP contribution in [0.15, 0.2) is 23.1 Å². The molecule has 2 bridgehead atoms. The molecule has 1 aliphatic heterocycles. The second-order valence-corrected chi connectivity index (χ2v) is 3.36. The molecule has 5 nitrogen and oxygen atoms in total. The van der Waals surface area contributed by atoms with Crippen molar-refractivity contribution in [1.29, 1.82) is 0 Å². The number of hydrogen-bond acceptors (Lipinski definition) is 5. The SMILES string of the molecule is C=CC(=O)Oc1cc2oc1c1c2C(=O)OC1. The standard InChI is InChI=1S/C11H6O5/c1-2-8(12)15-7-3-6-9-5(10(7)16-6)4-14-11(9)13/h2-3H,1,4H2. The highest BCUT2D eigenvalue weighted by Crippen LogP contribution is 2.41. The van der Waals surface area contributed by atoms with Crippen LogP contribution in [0.4, 0.5) is 0 Å². The van der Waals surface area contributed by atoms with E-state index in [1.54, 1.807) is 0 Å². The fourth-order valence-corrected chi connectivity index (χ4v) is 1.77. The van der Waals surface area contributed by atoms with Crippen molar-refractivity contribution in [3.63, 3.8) is 0 Å². The molecule has 0 fully saturated rings. The second-order valence-electron chi connectivity index (χ2n) is 3.36. The first kappa shape index (κ1) is 8.96. The Hall–Kier alpha value is -2.30. The van der Waals surface area contributed by atoms with E-state index in [1.807, 2.05) is 0 Å². The maximum absolute atomic E-state index is 11.3. The number of ether oxygens (including phenoxy) is 2. The average Bonchev–Trinajstić information content (AvgIpc) is 2.91. The van der Waals surface area contributed by atoms with Gasteiger partial charge >= 0.3 is 11.9 Å². The maximum Gasteiger partial charge on any atom is 0.342 e. The smallest absolute Gasteiger partial charge is 0.342 e. The third-order valence-corrected chi connectivity index (χ3v) is 2.45. The molecule has 0 N–H and O–H groups in total. The Labute approximate surface area is 89.6 Å². The molecular weight excluding hydrogens is 212 g/mol. The van der Waals surface area contributed by atoms with E-state index in [4.69, 9.17) is 13.9 Å². The van der Waals surface area contributed by atoms with Crippen molar-refractivity contribution in [2.24, 2.45) is 0 Å². The number of cyclic esters (lactones) is 1. The molecule has 2 aromatic rings. The highest BCUT2D eigenvalue weighted by molar-refractivity contribution is 6.05. The van der Waals surface area contributed by atoms with Gasteiger partial charge in [-0.15, -0.1) is 0 Å². The minimum absolute atomic E-state index is 0.163. The highest BCUT2D eigenvalue weighted by atomic mass is 16.6. The van der Waals surface area contributed by atoms with E-state index >= 15 is 0 Å². The van der Waals surface area contributed by atoms with E-state index in [2.05, 4.69) is 6.58 Å². The summed E-state index contributed by atoms with van der Waals surface area (Å²) in [5.74, 6) is -0.662. The molecule has 0 spiro atoms. The van der Waals surface area contributed by atoms with Gasteiger partial charge in [-0.1, -0.05) is 6.58 Å². The summed E-state index contributed by atoms with van der Waals surface area (Å²) in [6.07, 6.45) is 1.06. The van der Waals surface area contributed by atoms with Gasteiger partial charge in [-0.25, -0.2) is 9.59 Å². The van der Waals surface area contributed by atoms with Gasteiger partial charge in [-0.05, 0) is 0 Å². The predicted octanol–water partition coefficient (Wildman–Crippen LogP) is 1.63. The minimum Gasteiger partial charge on any atom is -0.457 e. The van der Waals surface area contributed by atoms with Gasteiger partial charge in [0.1, 0.15) is 17.8 Å². The summed E-state index contributed by atoms with van der Waals surface area (Å²) >= 11 is 0. The Kier molecular flexibility index (Phi) is 1.60. The first-order valence-electron chi connectivity index (χ1n) is 4.60. The Morgan fingerprint density at radius 1 is 1.56 bits per heavy atom. The summed E-state index contributed by atoms with van der Waals surface area (Å²) < 4.78 is 15.1. The molecule has 0 aromatic carbocycles. The molecule has 80 valence electrons. The maximum atomic E-state index is 11.3. The molecule has 0 amide bonds. The third-order valence-electron chi connectivity index (χ3n) is 2.45. The molecule has 3 heterocycles. The van der Waals surface area contributed by atoms with Crippen LogP contribution in [0, 0.1) is 0 Å². The largest absolute Gasteiger partial charge is 0.457 e. The molecule has 0 unspecified atom stereocenters. The van der Waals surface area contributed by atoms with Crippen LogP contribution in [0.1, 0.15) is 15.9 Å². The predicted molar refractivity (Wildman–Crippen MR) is 52.4 cm³/mol. The zero-order valence-electron chi connectivity index (χ0n) is 8.11. The molecule has 0 saturated heterocycles. The van der Waals surface area contributed by atoms with Crippen molar-refractivity contribution in [2.75, 3.05) is 0 Å². The summed E-state index contributed by atoms with van der Waals surface area (Å²) in [5.41, 5.74) is 1.87. The van der Waals surface area contributed by atoms with Crippen molar-refractivity contribution in [2.45, 2.75) is 6.61 Å². The zero-order chi connectivity index (χ0) is 11.3. The van der Waals surface area contributed by atoms with E-state index in [0.717, 1.165) is 6.08 Å². The first-order chi connectivity index (χ1) is 7.70. The van der Waals surface area contributed by atoms with Crippen LogP contribution in [0.5, 0.6) is 5.75 Å². The molecule has 2 aromatic heterocycles. The van der Waals surface area contributed by atoms with E-state index < -0.39 is 11.9 Å². The monoisotopic (exact) mass is 218 g/mol. The second kappa shape index (κ2) is 2.85. The normalized spacial score (nSPS) is 13.9. The van der Waals surface area contributed by atoms with Gasteiger partial charge in [0.15, 0.2) is 11.3 Å². The van der Waals surface area contributed by atoms with Crippen LogP contribution in [0.25, 0.3) is 11.2 Å². The average molecular weight is 218 g/mol. The van der Waals surface area contributed by atoms with Crippen LogP contribution in [0.2, 0.25) is 0 Å². The van der Waals surface area contributed by atoms with Crippen molar-refractivity contribution in [1.82, 2.24) is 0 Å². The highest BCUT2D eigenvalue weighted by Gasteiger charge is 2.33. The number of benzene rings is 1. The molecule has 3 rings (SSSR count). The number of rotatable bonds is 2. The van der Waals surface area contributed by atoms with Crippen LogP contribution in [-0.2, 0) is 16.1 Å². The Morgan fingerprint density at radius 2 is 2.38 bits per heavy atom. The Balaban J connectivity index is 2.09. The molecule has 0 atom stereocenters. The Bertz CT molecular complexity index is 607. The lowest BCUT2D eigenvalue weighted by Crippen LogP contribution is -2.03. The van der Waals surface area contributed by atoms with Crippen LogP contribution in [0.3, 0.4) is 0 Å². The molecular formula is C11H6O5. The summed E-state index contributed by atoms with van der Waals surface area (Å²) in [7, 11) is 0. The van der Waals surface area contributed by atoms with Crippen molar-refractivity contribution >= 4 is 23.1 Å². The van der Waals surface area contributed by atoms with Crippen molar-refractivity contribution < 1.29 is 23.5 Å². The lowest BCUT2D eigenvalue weighted by molar-refractivity contribution is -0.128. The minimum atomic E-state index is -0.567. The topological polar surface area (TPSA) is 65.7 Å². The van der Waals surface area contributed by atoms with Gasteiger partial charge in [0, 0.05) is 12.1 Å². The van der Waals surface area contributed by atoms with E-state index in [-0.39, 0.29) is 6.61 Å². The molecule has 1 aliphatic rings. The summed E-state index contributed by atoms with van der Waals surface area (Å²) in [4.78, 5) is 22.3. The van der Waals surface area contributed by atoms with Crippen LogP contribution < -0.4 is 4.74 Å². The summed E-state index contributed by atoms with van der Waals surface area (Å²) in [6.45, 7) is 3.46. The quantitative estimate of drug-likeness (QED) is 0.435. The lowest BCUT2D eigenvalue weighted by Gasteiger charge is -1.98. The zero-order valence-corrected chi connectivity index (χ0v) is 8.11. The fourth-order valence-electron chi connectivity index (χ4n) is 1.77. The van der Waals surface area contributed by atoms with Gasteiger partial charge in [-0.2, -0.15) is 0 Å². The number of esters is 2. The van der Waals surface area contributed by atoms with Gasteiger partial charge in [-0.3, -0.25) is 0 Å². The van der Waals surface area contributed by atoms with Crippen molar-refractivity contribution in [3.05, 3.63) is 29.8 Å². The van der Waals surface area contributed by atoms with Gasteiger partial charge in [0.05, 0.1) is 5.56 Å². The van der Waals surface area contributed by atoms with E-state index in [9.17, 15) is 9.59 Å². The lowest BCUT2D eigenvalue weighted by atomic mass is 10.1.